The number of benzene rings is 1. The summed E-state index contributed by atoms with van der Waals surface area (Å²) < 4.78 is 3.07. The number of rotatable bonds is 2. The summed E-state index contributed by atoms with van der Waals surface area (Å²) in [5.41, 5.74) is 3.05. The fourth-order valence-electron chi connectivity index (χ4n) is 2.12. The van der Waals surface area contributed by atoms with Crippen molar-refractivity contribution in [2.24, 2.45) is 7.05 Å². The molecule has 20 heavy (non-hydrogen) atoms. The van der Waals surface area contributed by atoms with Gasteiger partial charge in [0.25, 0.3) is 0 Å². The van der Waals surface area contributed by atoms with Crippen molar-refractivity contribution in [3.05, 3.63) is 39.2 Å². The van der Waals surface area contributed by atoms with Crippen molar-refractivity contribution in [2.75, 3.05) is 0 Å². The summed E-state index contributed by atoms with van der Waals surface area (Å²) in [4.78, 5) is 16.6. The van der Waals surface area contributed by atoms with E-state index >= 15 is 0 Å². The number of carbonyl (C=O) groups is 1. The van der Waals surface area contributed by atoms with Crippen LogP contribution < -0.4 is 0 Å². The molecule has 0 radical (unpaired) electrons. The third kappa shape index (κ3) is 2.05. The molecule has 0 atom stereocenters. The van der Waals surface area contributed by atoms with E-state index in [1.54, 1.807) is 29.5 Å². The van der Waals surface area contributed by atoms with Crippen molar-refractivity contribution in [2.45, 2.75) is 6.92 Å². The van der Waals surface area contributed by atoms with E-state index < -0.39 is 5.97 Å². The number of aromatic carboxylic acids is 1. The largest absolute Gasteiger partial charge is 0.478 e. The highest BCUT2D eigenvalue weighted by Crippen LogP contribution is 2.35. The minimum Gasteiger partial charge on any atom is -0.478 e. The normalized spacial score (nSPS) is 11.2. The summed E-state index contributed by atoms with van der Waals surface area (Å²) in [6, 6.07) is 7.08. The molecule has 0 aliphatic carbocycles. The van der Waals surface area contributed by atoms with Gasteiger partial charge < -0.3 is 9.67 Å². The summed E-state index contributed by atoms with van der Waals surface area (Å²) in [5.74, 6) is -0.0878. The molecule has 102 valence electrons. The lowest BCUT2D eigenvalue weighted by atomic mass is 10.2. The van der Waals surface area contributed by atoms with Gasteiger partial charge in [-0.05, 0) is 52.7 Å². The Morgan fingerprint density at radius 2 is 2.15 bits per heavy atom. The predicted molar refractivity (Wildman–Crippen MR) is 83.4 cm³/mol. The number of carboxylic acids is 1. The van der Waals surface area contributed by atoms with Crippen molar-refractivity contribution >= 4 is 44.3 Å². The summed E-state index contributed by atoms with van der Waals surface area (Å²) in [6.45, 7) is 2.04. The molecule has 3 rings (SSSR count). The average molecular weight is 351 g/mol. The van der Waals surface area contributed by atoms with Gasteiger partial charge >= 0.3 is 5.97 Å². The molecule has 2 heterocycles. The lowest BCUT2D eigenvalue weighted by Crippen LogP contribution is -1.95. The fraction of sp³-hybridized carbons (Fsp3) is 0.143. The van der Waals surface area contributed by atoms with E-state index in [-0.39, 0.29) is 5.56 Å². The van der Waals surface area contributed by atoms with Crippen LogP contribution in [0, 0.1) is 6.92 Å². The van der Waals surface area contributed by atoms with E-state index in [0.717, 1.165) is 20.0 Å². The molecule has 0 amide bonds. The van der Waals surface area contributed by atoms with E-state index in [9.17, 15) is 4.79 Å². The molecule has 0 aliphatic rings. The van der Waals surface area contributed by atoms with E-state index in [4.69, 9.17) is 5.11 Å². The first-order chi connectivity index (χ1) is 9.47. The topological polar surface area (TPSA) is 55.1 Å². The Balaban J connectivity index is 2.22. The maximum absolute atomic E-state index is 11.0. The molecule has 1 N–H and O–H groups in total. The van der Waals surface area contributed by atoms with Crippen molar-refractivity contribution < 1.29 is 9.90 Å². The number of halogens is 1. The number of fused-ring (bicyclic) bond motifs is 1. The fourth-order valence-corrected chi connectivity index (χ4v) is 3.68. The predicted octanol–water partition coefficient (Wildman–Crippen LogP) is 4.07. The molecule has 0 saturated carbocycles. The van der Waals surface area contributed by atoms with Crippen LogP contribution >= 0.6 is 27.3 Å². The zero-order chi connectivity index (χ0) is 14.4. The third-order valence-electron chi connectivity index (χ3n) is 3.21. The summed E-state index contributed by atoms with van der Waals surface area (Å²) in [6.07, 6.45) is 0. The van der Waals surface area contributed by atoms with E-state index in [2.05, 4.69) is 27.0 Å². The quantitative estimate of drug-likeness (QED) is 0.757. The summed E-state index contributed by atoms with van der Waals surface area (Å²) in [5, 5.41) is 9.04. The van der Waals surface area contributed by atoms with Gasteiger partial charge in [-0.2, -0.15) is 0 Å². The minimum absolute atomic E-state index is 0.255. The summed E-state index contributed by atoms with van der Waals surface area (Å²) in [7, 11) is 1.94. The first kappa shape index (κ1) is 13.3. The molecule has 1 aromatic carbocycles. The highest BCUT2D eigenvalue weighted by Gasteiger charge is 2.14. The molecule has 0 unspecified atom stereocenters. The van der Waals surface area contributed by atoms with E-state index in [1.807, 2.05) is 18.5 Å². The van der Waals surface area contributed by atoms with E-state index in [0.29, 0.717) is 5.52 Å². The van der Waals surface area contributed by atoms with E-state index in [1.165, 1.54) is 5.56 Å². The second-order valence-electron chi connectivity index (χ2n) is 4.57. The van der Waals surface area contributed by atoms with Crippen LogP contribution in [0.5, 0.6) is 0 Å². The highest BCUT2D eigenvalue weighted by atomic mass is 79.9. The molecule has 0 bridgehead atoms. The lowest BCUT2D eigenvalue weighted by molar-refractivity contribution is 0.0697. The number of imidazole rings is 1. The minimum atomic E-state index is -0.936. The zero-order valence-corrected chi connectivity index (χ0v) is 13.2. The number of thiophene rings is 1. The van der Waals surface area contributed by atoms with Crippen LogP contribution in [0.1, 0.15) is 15.9 Å². The number of nitrogens with zero attached hydrogens (tertiary/aromatic N) is 2. The average Bonchev–Trinajstić information content (AvgIpc) is 2.91. The van der Waals surface area contributed by atoms with Crippen LogP contribution in [0.15, 0.2) is 28.1 Å². The van der Waals surface area contributed by atoms with Gasteiger partial charge in [0, 0.05) is 7.05 Å². The van der Waals surface area contributed by atoms with Crippen LogP contribution in [0.3, 0.4) is 0 Å². The van der Waals surface area contributed by atoms with Gasteiger partial charge in [0.1, 0.15) is 0 Å². The molecule has 6 heteroatoms. The first-order valence-corrected chi connectivity index (χ1v) is 7.54. The molecule has 0 spiro atoms. The Kier molecular flexibility index (Phi) is 3.14. The van der Waals surface area contributed by atoms with Crippen LogP contribution in [-0.2, 0) is 7.05 Å². The Morgan fingerprint density at radius 3 is 2.75 bits per heavy atom. The van der Waals surface area contributed by atoms with Crippen molar-refractivity contribution in [3.8, 4) is 10.7 Å². The smallest absolute Gasteiger partial charge is 0.335 e. The van der Waals surface area contributed by atoms with Gasteiger partial charge in [0.05, 0.1) is 25.3 Å². The number of hydrogen-bond acceptors (Lipinski definition) is 3. The van der Waals surface area contributed by atoms with Crippen LogP contribution in [0.2, 0.25) is 0 Å². The van der Waals surface area contributed by atoms with Gasteiger partial charge in [0.15, 0.2) is 5.82 Å². The van der Waals surface area contributed by atoms with Gasteiger partial charge in [0.2, 0.25) is 0 Å². The maximum atomic E-state index is 11.0. The van der Waals surface area contributed by atoms with Crippen molar-refractivity contribution in [1.29, 1.82) is 0 Å². The van der Waals surface area contributed by atoms with Gasteiger partial charge in [-0.1, -0.05) is 0 Å². The number of aryl methyl sites for hydroxylation is 2. The molecule has 4 nitrogen and oxygen atoms in total. The second kappa shape index (κ2) is 4.71. The Bertz CT molecular complexity index is 816. The van der Waals surface area contributed by atoms with Crippen molar-refractivity contribution in [3.63, 3.8) is 0 Å². The third-order valence-corrected chi connectivity index (χ3v) is 5.34. The monoisotopic (exact) mass is 350 g/mol. The number of hydrogen-bond donors (Lipinski definition) is 1. The van der Waals surface area contributed by atoms with Gasteiger partial charge in [-0.3, -0.25) is 0 Å². The zero-order valence-electron chi connectivity index (χ0n) is 10.8. The Morgan fingerprint density at radius 1 is 1.40 bits per heavy atom. The molecule has 0 saturated heterocycles. The van der Waals surface area contributed by atoms with Crippen molar-refractivity contribution in [1.82, 2.24) is 9.55 Å². The second-order valence-corrected chi connectivity index (χ2v) is 6.94. The Labute approximate surface area is 127 Å². The highest BCUT2D eigenvalue weighted by molar-refractivity contribution is 9.11. The lowest BCUT2D eigenvalue weighted by Gasteiger charge is -1.99. The molecular weight excluding hydrogens is 340 g/mol. The number of aromatic nitrogens is 2. The van der Waals surface area contributed by atoms with Crippen LogP contribution in [0.25, 0.3) is 21.7 Å². The standard InChI is InChI=1S/C14H11BrN2O2S/c1-7-5-11(20-12(7)15)13-16-9-6-8(14(18)19)3-4-10(9)17(13)2/h3-6H,1-2H3,(H,18,19). The SMILES string of the molecule is Cc1cc(-c2nc3cc(C(=O)O)ccc3n2C)sc1Br. The molecular formula is C14H11BrN2O2S. The first-order valence-electron chi connectivity index (χ1n) is 5.93. The maximum Gasteiger partial charge on any atom is 0.335 e. The molecule has 0 fully saturated rings. The molecule has 3 aromatic rings. The van der Waals surface area contributed by atoms with Gasteiger partial charge in [-0.15, -0.1) is 11.3 Å². The molecule has 2 aromatic heterocycles. The molecule has 0 aliphatic heterocycles. The van der Waals surface area contributed by atoms with Crippen LogP contribution in [0.4, 0.5) is 0 Å². The van der Waals surface area contributed by atoms with Crippen LogP contribution in [-0.4, -0.2) is 20.6 Å². The van der Waals surface area contributed by atoms with Gasteiger partial charge in [-0.25, -0.2) is 9.78 Å². The summed E-state index contributed by atoms with van der Waals surface area (Å²) >= 11 is 5.14. The Hall–Kier alpha value is -1.66. The number of carboxylic acid groups (broad SMARTS) is 1.